The van der Waals surface area contributed by atoms with Crippen LogP contribution in [0.4, 0.5) is 17.1 Å². The molecule has 0 amide bonds. The lowest BCUT2D eigenvalue weighted by molar-refractivity contribution is -0.394. The van der Waals surface area contributed by atoms with Crippen molar-refractivity contribution >= 4 is 45.0 Å². The number of methoxy groups -OCH3 is 1. The van der Waals surface area contributed by atoms with Crippen molar-refractivity contribution in [2.75, 3.05) is 7.11 Å². The van der Waals surface area contributed by atoms with Gasteiger partial charge in [-0.1, -0.05) is 12.1 Å². The zero-order valence-corrected chi connectivity index (χ0v) is 17.3. The first-order chi connectivity index (χ1) is 15.4. The van der Waals surface area contributed by atoms with Gasteiger partial charge in [0.05, 0.1) is 34.3 Å². The van der Waals surface area contributed by atoms with Gasteiger partial charge in [-0.15, -0.1) is 0 Å². The molecular formula is C21H14N4O6S. The quantitative estimate of drug-likeness (QED) is 0.123. The van der Waals surface area contributed by atoms with Crippen molar-refractivity contribution in [3.8, 4) is 5.75 Å². The summed E-state index contributed by atoms with van der Waals surface area (Å²) in [6.07, 6.45) is 0. The van der Waals surface area contributed by atoms with Crippen LogP contribution < -0.4 is 4.74 Å². The highest BCUT2D eigenvalue weighted by Crippen LogP contribution is 2.34. The van der Waals surface area contributed by atoms with Gasteiger partial charge in [-0.25, -0.2) is 9.98 Å². The lowest BCUT2D eigenvalue weighted by Gasteiger charge is -2.06. The van der Waals surface area contributed by atoms with Gasteiger partial charge in [-0.3, -0.25) is 20.2 Å². The van der Waals surface area contributed by atoms with Crippen LogP contribution in [0.2, 0.25) is 0 Å². The van der Waals surface area contributed by atoms with Crippen LogP contribution in [-0.4, -0.2) is 27.0 Å². The third-order valence-corrected chi connectivity index (χ3v) is 5.23. The number of benzene rings is 3. The van der Waals surface area contributed by atoms with E-state index < -0.39 is 21.2 Å². The summed E-state index contributed by atoms with van der Waals surface area (Å²) >= 11 is 0.985. The van der Waals surface area contributed by atoms with Crippen LogP contribution in [0, 0.1) is 20.2 Å². The molecule has 1 heterocycles. The fraction of sp³-hybridized carbons (Fsp3) is 0.0476. The number of aliphatic imine (C=N–C) groups is 1. The van der Waals surface area contributed by atoms with Crippen molar-refractivity contribution in [1.29, 1.82) is 0 Å². The summed E-state index contributed by atoms with van der Waals surface area (Å²) in [7, 11) is 1.53. The van der Waals surface area contributed by atoms with E-state index in [0.29, 0.717) is 22.5 Å². The molecule has 0 bridgehead atoms. The van der Waals surface area contributed by atoms with Gasteiger partial charge in [0.25, 0.3) is 16.6 Å². The van der Waals surface area contributed by atoms with E-state index in [-0.39, 0.29) is 15.8 Å². The normalized spacial score (nSPS) is 11.5. The summed E-state index contributed by atoms with van der Waals surface area (Å²) in [5.41, 5.74) is 0.931. The van der Waals surface area contributed by atoms with Crippen molar-refractivity contribution in [3.63, 3.8) is 0 Å². The molecule has 0 aliphatic heterocycles. The maximum atomic E-state index is 11.7. The summed E-state index contributed by atoms with van der Waals surface area (Å²) < 4.78 is 10.9. The van der Waals surface area contributed by atoms with E-state index >= 15 is 0 Å². The third kappa shape index (κ3) is 4.42. The lowest BCUT2D eigenvalue weighted by atomic mass is 10.1. The van der Waals surface area contributed by atoms with E-state index in [9.17, 15) is 20.2 Å². The Morgan fingerprint density at radius 2 is 1.78 bits per heavy atom. The molecule has 0 radical (unpaired) electrons. The van der Waals surface area contributed by atoms with E-state index in [1.165, 1.54) is 19.2 Å². The number of ether oxygens (including phenoxy) is 1. The van der Waals surface area contributed by atoms with Gasteiger partial charge in [0.15, 0.2) is 5.58 Å². The smallest absolute Gasteiger partial charge is 0.286 e. The van der Waals surface area contributed by atoms with E-state index in [0.717, 1.165) is 17.8 Å². The second-order valence-electron chi connectivity index (χ2n) is 6.38. The van der Waals surface area contributed by atoms with Crippen molar-refractivity contribution in [2.24, 2.45) is 4.99 Å². The molecule has 4 aromatic rings. The maximum Gasteiger partial charge on any atom is 0.286 e. The zero-order chi connectivity index (χ0) is 22.7. The standard InChI is InChI=1S/C21H14N4O6S/c1-30-15-9-6-13(7-10-15)22-20(32-21-23-17-4-2-3-5-19(17)31-21)16-11-8-14(24(26)27)12-18(16)25(28)29/h2-12H,1H3. The molecular weight excluding hydrogens is 436 g/mol. The number of thioether (sulfide) groups is 1. The second kappa shape index (κ2) is 8.86. The average molecular weight is 450 g/mol. The molecule has 10 nitrogen and oxygen atoms in total. The Labute approximate surface area is 184 Å². The Kier molecular flexibility index (Phi) is 5.81. The Balaban J connectivity index is 1.83. The fourth-order valence-corrected chi connectivity index (χ4v) is 3.73. The molecule has 0 aliphatic rings. The number of fused-ring (bicyclic) bond motifs is 1. The fourth-order valence-electron chi connectivity index (χ4n) is 2.85. The number of hydrogen-bond acceptors (Lipinski definition) is 9. The van der Waals surface area contributed by atoms with Crippen LogP contribution in [0.5, 0.6) is 5.75 Å². The Morgan fingerprint density at radius 3 is 2.44 bits per heavy atom. The molecule has 32 heavy (non-hydrogen) atoms. The number of nitro benzene ring substituents is 2. The van der Waals surface area contributed by atoms with Crippen LogP contribution in [0.1, 0.15) is 5.56 Å². The van der Waals surface area contributed by atoms with Gasteiger partial charge in [0.1, 0.15) is 16.3 Å². The molecule has 0 spiro atoms. The van der Waals surface area contributed by atoms with Gasteiger partial charge in [-0.05, 0) is 54.2 Å². The Bertz CT molecular complexity index is 1320. The SMILES string of the molecule is COc1ccc(N=C(Sc2nc3ccccc3o2)c2ccc([N+](=O)[O-])cc2[N+](=O)[O-])cc1. The minimum atomic E-state index is -0.689. The number of oxazole rings is 1. The first kappa shape index (κ1) is 21.0. The van der Waals surface area contributed by atoms with Crippen molar-refractivity contribution in [2.45, 2.75) is 5.22 Å². The van der Waals surface area contributed by atoms with Crippen molar-refractivity contribution in [3.05, 3.63) is 92.5 Å². The number of nitro groups is 2. The van der Waals surface area contributed by atoms with Crippen LogP contribution in [0.3, 0.4) is 0 Å². The van der Waals surface area contributed by atoms with E-state index in [1.54, 1.807) is 42.5 Å². The Morgan fingerprint density at radius 1 is 1.03 bits per heavy atom. The molecule has 0 saturated carbocycles. The Hall–Kier alpha value is -4.25. The maximum absolute atomic E-state index is 11.7. The summed E-state index contributed by atoms with van der Waals surface area (Å²) in [6, 6.07) is 17.3. The second-order valence-corrected chi connectivity index (χ2v) is 7.32. The summed E-state index contributed by atoms with van der Waals surface area (Å²) in [6.45, 7) is 0. The van der Waals surface area contributed by atoms with Gasteiger partial charge in [-0.2, -0.15) is 0 Å². The van der Waals surface area contributed by atoms with Crippen LogP contribution in [0.15, 0.2) is 81.4 Å². The summed E-state index contributed by atoms with van der Waals surface area (Å²) in [4.78, 5) is 30.4. The summed E-state index contributed by atoms with van der Waals surface area (Å²) in [5, 5.41) is 23.2. The highest BCUT2D eigenvalue weighted by atomic mass is 32.2. The van der Waals surface area contributed by atoms with Crippen molar-refractivity contribution < 1.29 is 19.0 Å². The number of nitrogens with zero attached hydrogens (tertiary/aromatic N) is 4. The van der Waals surface area contributed by atoms with E-state index in [4.69, 9.17) is 9.15 Å². The number of non-ortho nitro benzene ring substituents is 1. The number of aromatic nitrogens is 1. The predicted octanol–water partition coefficient (Wildman–Crippen LogP) is 5.52. The summed E-state index contributed by atoms with van der Waals surface area (Å²) in [5.74, 6) is 0.624. The first-order valence-electron chi connectivity index (χ1n) is 9.14. The zero-order valence-electron chi connectivity index (χ0n) is 16.5. The van der Waals surface area contributed by atoms with Crippen LogP contribution in [0.25, 0.3) is 11.1 Å². The molecule has 11 heteroatoms. The molecule has 0 saturated heterocycles. The minimum absolute atomic E-state index is 0.101. The van der Waals surface area contributed by atoms with Crippen LogP contribution in [-0.2, 0) is 0 Å². The minimum Gasteiger partial charge on any atom is -0.497 e. The molecule has 0 unspecified atom stereocenters. The first-order valence-corrected chi connectivity index (χ1v) is 9.95. The van der Waals surface area contributed by atoms with Gasteiger partial charge < -0.3 is 9.15 Å². The van der Waals surface area contributed by atoms with Gasteiger partial charge >= 0.3 is 0 Å². The predicted molar refractivity (Wildman–Crippen MR) is 119 cm³/mol. The molecule has 0 atom stereocenters. The molecule has 160 valence electrons. The molecule has 4 rings (SSSR count). The van der Waals surface area contributed by atoms with E-state index in [1.807, 2.05) is 6.07 Å². The average Bonchev–Trinajstić information content (AvgIpc) is 3.21. The largest absolute Gasteiger partial charge is 0.497 e. The van der Waals surface area contributed by atoms with Crippen molar-refractivity contribution in [1.82, 2.24) is 4.98 Å². The highest BCUT2D eigenvalue weighted by molar-refractivity contribution is 8.14. The molecule has 0 N–H and O–H groups in total. The molecule has 0 fully saturated rings. The number of para-hydroxylation sites is 2. The lowest BCUT2D eigenvalue weighted by Crippen LogP contribution is -2.03. The topological polar surface area (TPSA) is 134 Å². The molecule has 1 aromatic heterocycles. The van der Waals surface area contributed by atoms with E-state index in [2.05, 4.69) is 9.98 Å². The molecule has 3 aromatic carbocycles. The highest BCUT2D eigenvalue weighted by Gasteiger charge is 2.25. The van der Waals surface area contributed by atoms with Gasteiger partial charge in [0.2, 0.25) is 0 Å². The molecule has 0 aliphatic carbocycles. The number of hydrogen-bond donors (Lipinski definition) is 0. The van der Waals surface area contributed by atoms with Crippen LogP contribution >= 0.6 is 11.8 Å². The third-order valence-electron chi connectivity index (χ3n) is 4.38. The monoisotopic (exact) mass is 450 g/mol. The van der Waals surface area contributed by atoms with Gasteiger partial charge in [0, 0.05) is 6.07 Å². The number of rotatable bonds is 6.